The number of ether oxygens (including phenoxy) is 2. The van der Waals surface area contributed by atoms with Gasteiger partial charge in [0.1, 0.15) is 5.75 Å². The van der Waals surface area contributed by atoms with Crippen molar-refractivity contribution in [2.75, 3.05) is 13.7 Å². The van der Waals surface area contributed by atoms with E-state index in [1.165, 1.54) is 6.21 Å². The number of carbonyl (C=O) groups is 1. The van der Waals surface area contributed by atoms with Crippen LogP contribution in [0.5, 0.6) is 17.2 Å². The lowest BCUT2D eigenvalue weighted by Crippen LogP contribution is -2.17. The Morgan fingerprint density at radius 2 is 1.89 bits per heavy atom. The second kappa shape index (κ2) is 8.75. The molecule has 28 heavy (non-hydrogen) atoms. The van der Waals surface area contributed by atoms with Crippen molar-refractivity contribution in [3.05, 3.63) is 64.1 Å². The number of hydrogen-bond donors (Lipinski definition) is 2. The summed E-state index contributed by atoms with van der Waals surface area (Å²) >= 11 is 3.45. The molecule has 0 fully saturated rings. The second-order valence-corrected chi connectivity index (χ2v) is 6.73. The minimum absolute atomic E-state index is 0.102. The molecular formula is C21H19BrN2O4. The SMILES string of the molecule is CCOc1cc(Br)c(C=NNC(=O)c2cc3ccccc3cc2O)cc1OC. The molecule has 0 heterocycles. The maximum Gasteiger partial charge on any atom is 0.275 e. The first kappa shape index (κ1) is 19.7. The van der Waals surface area contributed by atoms with Gasteiger partial charge in [-0.05, 0) is 57.9 Å². The Hall–Kier alpha value is -3.06. The molecule has 0 bridgehead atoms. The van der Waals surface area contributed by atoms with Gasteiger partial charge in [-0.1, -0.05) is 24.3 Å². The first-order chi connectivity index (χ1) is 13.5. The highest BCUT2D eigenvalue weighted by molar-refractivity contribution is 9.10. The van der Waals surface area contributed by atoms with E-state index in [2.05, 4.69) is 26.5 Å². The fourth-order valence-electron chi connectivity index (χ4n) is 2.71. The van der Waals surface area contributed by atoms with Gasteiger partial charge in [-0.15, -0.1) is 0 Å². The quantitative estimate of drug-likeness (QED) is 0.435. The normalized spacial score (nSPS) is 11.0. The van der Waals surface area contributed by atoms with E-state index in [0.29, 0.717) is 23.7 Å². The van der Waals surface area contributed by atoms with Gasteiger partial charge in [0.2, 0.25) is 0 Å². The van der Waals surface area contributed by atoms with Crippen molar-refractivity contribution >= 4 is 38.8 Å². The van der Waals surface area contributed by atoms with Crippen molar-refractivity contribution in [3.8, 4) is 17.2 Å². The summed E-state index contributed by atoms with van der Waals surface area (Å²) in [5, 5.41) is 15.8. The summed E-state index contributed by atoms with van der Waals surface area (Å²) in [6.45, 7) is 2.40. The molecule has 0 saturated carbocycles. The minimum atomic E-state index is -0.506. The minimum Gasteiger partial charge on any atom is -0.507 e. The fraction of sp³-hybridized carbons (Fsp3) is 0.143. The molecule has 6 nitrogen and oxygen atoms in total. The van der Waals surface area contributed by atoms with E-state index in [0.717, 1.165) is 15.2 Å². The van der Waals surface area contributed by atoms with Gasteiger partial charge in [0.25, 0.3) is 5.91 Å². The number of carbonyl (C=O) groups excluding carboxylic acids is 1. The third-order valence-corrected chi connectivity index (χ3v) is 4.75. The van der Waals surface area contributed by atoms with E-state index in [1.807, 2.05) is 31.2 Å². The molecule has 3 aromatic rings. The van der Waals surface area contributed by atoms with Crippen LogP contribution in [0.25, 0.3) is 10.8 Å². The third-order valence-electron chi connectivity index (χ3n) is 4.06. The Kier molecular flexibility index (Phi) is 6.16. The van der Waals surface area contributed by atoms with Crippen LogP contribution >= 0.6 is 15.9 Å². The zero-order chi connectivity index (χ0) is 20.1. The highest BCUT2D eigenvalue weighted by Gasteiger charge is 2.12. The monoisotopic (exact) mass is 442 g/mol. The number of hydrogen-bond acceptors (Lipinski definition) is 5. The highest BCUT2D eigenvalue weighted by Crippen LogP contribution is 2.33. The molecule has 3 rings (SSSR count). The van der Waals surface area contributed by atoms with E-state index < -0.39 is 5.91 Å². The number of nitrogens with one attached hydrogen (secondary N) is 1. The number of nitrogens with zero attached hydrogens (tertiary/aromatic N) is 1. The van der Waals surface area contributed by atoms with Crippen LogP contribution in [0.2, 0.25) is 0 Å². The molecule has 0 saturated heterocycles. The topological polar surface area (TPSA) is 80.2 Å². The summed E-state index contributed by atoms with van der Waals surface area (Å²) in [4.78, 5) is 12.4. The number of halogens is 1. The van der Waals surface area contributed by atoms with Crippen LogP contribution in [0.15, 0.2) is 58.1 Å². The number of phenols is 1. The van der Waals surface area contributed by atoms with E-state index >= 15 is 0 Å². The van der Waals surface area contributed by atoms with Crippen molar-refractivity contribution in [3.63, 3.8) is 0 Å². The van der Waals surface area contributed by atoms with Crippen molar-refractivity contribution < 1.29 is 19.4 Å². The number of rotatable bonds is 6. The second-order valence-electron chi connectivity index (χ2n) is 5.87. The predicted molar refractivity (Wildman–Crippen MR) is 113 cm³/mol. The number of aromatic hydroxyl groups is 1. The number of hydrazone groups is 1. The maximum absolute atomic E-state index is 12.4. The third kappa shape index (κ3) is 4.26. The van der Waals surface area contributed by atoms with E-state index in [4.69, 9.17) is 9.47 Å². The van der Waals surface area contributed by atoms with Crippen molar-refractivity contribution in [2.45, 2.75) is 6.92 Å². The molecule has 0 radical (unpaired) electrons. The average molecular weight is 443 g/mol. The molecule has 0 aliphatic rings. The molecule has 0 spiro atoms. The standard InChI is InChI=1S/C21H19BrN2O4/c1-3-28-20-11-17(22)15(10-19(20)27-2)12-23-24-21(26)16-8-13-6-4-5-7-14(13)9-18(16)25/h4-12,25H,3H2,1-2H3,(H,24,26). The number of methoxy groups -OCH3 is 1. The van der Waals surface area contributed by atoms with Crippen LogP contribution in [0.4, 0.5) is 0 Å². The molecule has 3 aromatic carbocycles. The molecule has 0 atom stereocenters. The molecule has 0 aliphatic heterocycles. The summed E-state index contributed by atoms with van der Waals surface area (Å²) in [7, 11) is 1.55. The number of fused-ring (bicyclic) bond motifs is 1. The van der Waals surface area contributed by atoms with Gasteiger partial charge in [-0.25, -0.2) is 5.43 Å². The van der Waals surface area contributed by atoms with Gasteiger partial charge in [0.05, 0.1) is 25.5 Å². The fourth-order valence-corrected chi connectivity index (χ4v) is 3.13. The Labute approximate surface area is 170 Å². The van der Waals surface area contributed by atoms with Crippen molar-refractivity contribution in [2.24, 2.45) is 5.10 Å². The van der Waals surface area contributed by atoms with Crippen LogP contribution in [-0.4, -0.2) is 30.9 Å². The van der Waals surface area contributed by atoms with Gasteiger partial charge >= 0.3 is 0 Å². The molecule has 0 aromatic heterocycles. The smallest absolute Gasteiger partial charge is 0.275 e. The van der Waals surface area contributed by atoms with Crippen LogP contribution < -0.4 is 14.9 Å². The highest BCUT2D eigenvalue weighted by atomic mass is 79.9. The lowest BCUT2D eigenvalue weighted by Gasteiger charge is -2.11. The summed E-state index contributed by atoms with van der Waals surface area (Å²) in [6, 6.07) is 14.2. The number of amides is 1. The molecule has 7 heteroatoms. The molecule has 144 valence electrons. The van der Waals surface area contributed by atoms with Crippen LogP contribution in [0.1, 0.15) is 22.8 Å². The Morgan fingerprint density at radius 1 is 1.18 bits per heavy atom. The number of phenolic OH excluding ortho intramolecular Hbond substituents is 1. The molecule has 0 unspecified atom stereocenters. The van der Waals surface area contributed by atoms with Gasteiger partial charge in [-0.2, -0.15) is 5.10 Å². The summed E-state index contributed by atoms with van der Waals surface area (Å²) in [6.07, 6.45) is 1.48. The van der Waals surface area contributed by atoms with Gasteiger partial charge in [0, 0.05) is 10.0 Å². The van der Waals surface area contributed by atoms with E-state index in [9.17, 15) is 9.90 Å². The molecule has 1 amide bonds. The van der Waals surface area contributed by atoms with E-state index in [1.54, 1.807) is 31.4 Å². The first-order valence-corrected chi connectivity index (χ1v) is 9.38. The van der Waals surface area contributed by atoms with Crippen molar-refractivity contribution in [1.82, 2.24) is 5.43 Å². The Bertz CT molecular complexity index is 1050. The maximum atomic E-state index is 12.4. The molecule has 2 N–H and O–H groups in total. The average Bonchev–Trinajstić information content (AvgIpc) is 2.69. The molecular weight excluding hydrogens is 424 g/mol. The van der Waals surface area contributed by atoms with Crippen LogP contribution in [0.3, 0.4) is 0 Å². The summed E-state index contributed by atoms with van der Waals surface area (Å²) < 4.78 is 11.6. The van der Waals surface area contributed by atoms with Gasteiger partial charge < -0.3 is 14.6 Å². The van der Waals surface area contributed by atoms with Crippen molar-refractivity contribution in [1.29, 1.82) is 0 Å². The Morgan fingerprint density at radius 3 is 2.57 bits per heavy atom. The summed E-state index contributed by atoms with van der Waals surface area (Å²) in [5.74, 6) is 0.563. The first-order valence-electron chi connectivity index (χ1n) is 8.59. The van der Waals surface area contributed by atoms with E-state index in [-0.39, 0.29) is 11.3 Å². The zero-order valence-electron chi connectivity index (χ0n) is 15.4. The lowest BCUT2D eigenvalue weighted by molar-refractivity contribution is 0.0952. The number of benzene rings is 3. The largest absolute Gasteiger partial charge is 0.507 e. The Balaban J connectivity index is 1.79. The van der Waals surface area contributed by atoms with Crippen LogP contribution in [0, 0.1) is 0 Å². The molecule has 0 aliphatic carbocycles. The predicted octanol–water partition coefficient (Wildman–Crippen LogP) is 4.48. The lowest BCUT2D eigenvalue weighted by atomic mass is 10.1. The zero-order valence-corrected chi connectivity index (χ0v) is 17.0. The van der Waals surface area contributed by atoms with Gasteiger partial charge in [0.15, 0.2) is 11.5 Å². The summed E-state index contributed by atoms with van der Waals surface area (Å²) in [5.41, 5.74) is 3.28. The van der Waals surface area contributed by atoms with Gasteiger partial charge in [-0.3, -0.25) is 4.79 Å². The van der Waals surface area contributed by atoms with Crippen LogP contribution in [-0.2, 0) is 0 Å².